The van der Waals surface area contributed by atoms with Crippen LogP contribution in [-0.2, 0) is 11.3 Å². The number of aromatic nitrogens is 3. The number of thioether (sulfide) groups is 1. The number of nitrogens with one attached hydrogen (secondary N) is 2. The Morgan fingerprint density at radius 3 is 2.93 bits per heavy atom. The van der Waals surface area contributed by atoms with E-state index in [4.69, 9.17) is 16.6 Å². The number of hydrogen-bond acceptors (Lipinski definition) is 7. The van der Waals surface area contributed by atoms with E-state index in [2.05, 4.69) is 15.3 Å². The monoisotopic (exact) mass is 444 g/mol. The lowest BCUT2D eigenvalue weighted by Gasteiger charge is -2.08. The molecule has 29 heavy (non-hydrogen) atoms. The van der Waals surface area contributed by atoms with Gasteiger partial charge in [0, 0.05) is 0 Å². The van der Waals surface area contributed by atoms with Gasteiger partial charge in [0.05, 0.1) is 24.2 Å². The summed E-state index contributed by atoms with van der Waals surface area (Å²) in [5.74, 6) is 0.603. The van der Waals surface area contributed by atoms with E-state index in [1.807, 2.05) is 31.2 Å². The molecule has 1 aromatic carbocycles. The van der Waals surface area contributed by atoms with Crippen molar-refractivity contribution in [1.29, 1.82) is 0 Å². The highest BCUT2D eigenvalue weighted by molar-refractivity contribution is 7.99. The van der Waals surface area contributed by atoms with Crippen molar-refractivity contribution in [2.45, 2.75) is 18.6 Å². The molecule has 0 atom stereocenters. The average Bonchev–Trinajstić information content (AvgIpc) is 3.33. The lowest BCUT2D eigenvalue weighted by Crippen LogP contribution is -2.24. The molecule has 7 nitrogen and oxygen atoms in total. The molecule has 0 saturated carbocycles. The molecule has 0 fully saturated rings. The van der Waals surface area contributed by atoms with E-state index in [9.17, 15) is 9.59 Å². The second kappa shape index (κ2) is 8.36. The first-order valence-electron chi connectivity index (χ1n) is 8.66. The first kappa shape index (κ1) is 19.6. The maximum absolute atomic E-state index is 12.5. The van der Waals surface area contributed by atoms with Crippen molar-refractivity contribution in [3.63, 3.8) is 0 Å². The lowest BCUT2D eigenvalue weighted by atomic mass is 10.2. The fourth-order valence-corrected chi connectivity index (χ4v) is 4.72. The zero-order valence-corrected chi connectivity index (χ0v) is 17.7. The smallest absolute Gasteiger partial charge is 0.271 e. The van der Waals surface area contributed by atoms with Crippen LogP contribution in [0.2, 0.25) is 0 Å². The van der Waals surface area contributed by atoms with Gasteiger partial charge >= 0.3 is 0 Å². The Morgan fingerprint density at radius 1 is 1.34 bits per heavy atom. The Labute approximate surface area is 178 Å². The van der Waals surface area contributed by atoms with E-state index in [0.717, 1.165) is 23.0 Å². The third kappa shape index (κ3) is 4.19. The van der Waals surface area contributed by atoms with E-state index < -0.39 is 0 Å². The Hall–Kier alpha value is -2.69. The van der Waals surface area contributed by atoms with Crippen LogP contribution in [0, 0.1) is 10.9 Å². The summed E-state index contributed by atoms with van der Waals surface area (Å²) in [6, 6.07) is 11.3. The SMILES string of the molecule is Cc1ccccc1-n1c(=S)sc2c(=O)[nH]c(SCC(=O)NCc3ccco3)nc21. The van der Waals surface area contributed by atoms with Gasteiger partial charge in [-0.1, -0.05) is 41.3 Å². The lowest BCUT2D eigenvalue weighted by molar-refractivity contribution is -0.118. The summed E-state index contributed by atoms with van der Waals surface area (Å²) in [5.41, 5.74) is 2.14. The number of aryl methyl sites for hydroxylation is 1. The van der Waals surface area contributed by atoms with Gasteiger partial charge in [-0.05, 0) is 42.9 Å². The highest BCUT2D eigenvalue weighted by atomic mass is 32.2. The normalized spacial score (nSPS) is 11.1. The Morgan fingerprint density at radius 2 is 2.17 bits per heavy atom. The van der Waals surface area contributed by atoms with Gasteiger partial charge in [-0.3, -0.25) is 14.2 Å². The molecule has 4 aromatic rings. The molecule has 3 aromatic heterocycles. The molecule has 0 saturated heterocycles. The third-order valence-corrected chi connectivity index (χ3v) is 6.39. The van der Waals surface area contributed by atoms with Crippen LogP contribution in [-0.4, -0.2) is 26.2 Å². The van der Waals surface area contributed by atoms with Gasteiger partial charge in [-0.2, -0.15) is 0 Å². The van der Waals surface area contributed by atoms with Crippen molar-refractivity contribution in [3.8, 4) is 5.69 Å². The summed E-state index contributed by atoms with van der Waals surface area (Å²) in [4.78, 5) is 31.9. The largest absolute Gasteiger partial charge is 0.467 e. The third-order valence-electron chi connectivity index (χ3n) is 4.16. The molecule has 4 rings (SSSR count). The van der Waals surface area contributed by atoms with Gasteiger partial charge in [-0.15, -0.1) is 0 Å². The maximum atomic E-state index is 12.5. The van der Waals surface area contributed by atoms with Gasteiger partial charge in [-0.25, -0.2) is 4.98 Å². The molecule has 10 heteroatoms. The van der Waals surface area contributed by atoms with Crippen LogP contribution >= 0.6 is 35.3 Å². The Bertz CT molecular complexity index is 1290. The van der Waals surface area contributed by atoms with Crippen molar-refractivity contribution < 1.29 is 9.21 Å². The topological polar surface area (TPSA) is 92.9 Å². The first-order valence-corrected chi connectivity index (χ1v) is 10.9. The number of rotatable bonds is 6. The van der Waals surface area contributed by atoms with Gasteiger partial charge in [0.15, 0.2) is 14.8 Å². The number of para-hydroxylation sites is 1. The van der Waals surface area contributed by atoms with Crippen LogP contribution in [0.4, 0.5) is 0 Å². The zero-order chi connectivity index (χ0) is 20.4. The number of thiazole rings is 1. The molecule has 148 valence electrons. The molecule has 0 spiro atoms. The molecule has 2 N–H and O–H groups in total. The minimum atomic E-state index is -0.267. The van der Waals surface area contributed by atoms with Crippen molar-refractivity contribution >= 4 is 51.6 Å². The van der Waals surface area contributed by atoms with Gasteiger partial charge in [0.25, 0.3) is 5.56 Å². The molecule has 0 aliphatic rings. The molecule has 0 bridgehead atoms. The van der Waals surface area contributed by atoms with E-state index in [0.29, 0.717) is 31.8 Å². The van der Waals surface area contributed by atoms with E-state index in [1.165, 1.54) is 11.3 Å². The minimum Gasteiger partial charge on any atom is -0.467 e. The summed E-state index contributed by atoms with van der Waals surface area (Å²) in [6.45, 7) is 2.29. The standard InChI is InChI=1S/C19H16N4O3S3/c1-11-5-2-3-7-13(11)23-16-15(29-19(23)27)17(25)22-18(21-16)28-10-14(24)20-9-12-6-4-8-26-12/h2-8H,9-10H2,1H3,(H,20,24)(H,21,22,25). The number of aromatic amines is 1. The number of H-pyrrole nitrogens is 1. The number of hydrogen-bond donors (Lipinski definition) is 2. The predicted octanol–water partition coefficient (Wildman–Crippen LogP) is 3.81. The number of furan rings is 1. The van der Waals surface area contributed by atoms with Crippen molar-refractivity contribution in [1.82, 2.24) is 19.9 Å². The van der Waals surface area contributed by atoms with Crippen molar-refractivity contribution in [2.75, 3.05) is 5.75 Å². The predicted molar refractivity (Wildman–Crippen MR) is 116 cm³/mol. The molecular weight excluding hydrogens is 428 g/mol. The van der Waals surface area contributed by atoms with Gasteiger partial charge in [0.1, 0.15) is 10.5 Å². The Balaban J connectivity index is 1.59. The highest BCUT2D eigenvalue weighted by Gasteiger charge is 2.15. The second-order valence-corrected chi connectivity index (χ2v) is 8.77. The zero-order valence-electron chi connectivity index (χ0n) is 15.3. The highest BCUT2D eigenvalue weighted by Crippen LogP contribution is 2.26. The van der Waals surface area contributed by atoms with Crippen LogP contribution < -0.4 is 10.9 Å². The summed E-state index contributed by atoms with van der Waals surface area (Å²) >= 11 is 7.87. The fourth-order valence-electron chi connectivity index (χ4n) is 2.77. The average molecular weight is 445 g/mol. The minimum absolute atomic E-state index is 0.115. The van der Waals surface area contributed by atoms with Crippen LogP contribution in [0.3, 0.4) is 0 Å². The Kier molecular flexibility index (Phi) is 5.65. The first-order chi connectivity index (χ1) is 14.0. The molecule has 0 radical (unpaired) electrons. The summed E-state index contributed by atoms with van der Waals surface area (Å²) in [7, 11) is 0. The summed E-state index contributed by atoms with van der Waals surface area (Å²) in [5, 5.41) is 3.13. The summed E-state index contributed by atoms with van der Waals surface area (Å²) < 4.78 is 8.00. The van der Waals surface area contributed by atoms with Crippen LogP contribution in [0.1, 0.15) is 11.3 Å². The van der Waals surface area contributed by atoms with Crippen molar-refractivity contribution in [2.24, 2.45) is 0 Å². The number of benzene rings is 1. The molecule has 0 aliphatic heterocycles. The molecule has 1 amide bonds. The molecular formula is C19H16N4O3S3. The van der Waals surface area contributed by atoms with Crippen LogP contribution in [0.25, 0.3) is 16.0 Å². The van der Waals surface area contributed by atoms with Crippen LogP contribution in [0.5, 0.6) is 0 Å². The van der Waals surface area contributed by atoms with E-state index >= 15 is 0 Å². The van der Waals surface area contributed by atoms with E-state index in [1.54, 1.807) is 23.0 Å². The van der Waals surface area contributed by atoms with Gasteiger partial charge in [0.2, 0.25) is 5.91 Å². The molecule has 3 heterocycles. The van der Waals surface area contributed by atoms with Gasteiger partial charge < -0.3 is 14.7 Å². The number of amides is 1. The second-order valence-electron chi connectivity index (χ2n) is 6.16. The summed E-state index contributed by atoms with van der Waals surface area (Å²) in [6.07, 6.45) is 1.55. The molecule has 0 aliphatic carbocycles. The number of fused-ring (bicyclic) bond motifs is 1. The quantitative estimate of drug-likeness (QED) is 0.267. The van der Waals surface area contributed by atoms with Crippen molar-refractivity contribution in [3.05, 3.63) is 68.3 Å². The number of carbonyl (C=O) groups excluding carboxylic acids is 1. The van der Waals surface area contributed by atoms with E-state index in [-0.39, 0.29) is 17.2 Å². The molecule has 0 unspecified atom stereocenters. The fraction of sp³-hybridized carbons (Fsp3) is 0.158. The van der Waals surface area contributed by atoms with Crippen LogP contribution in [0.15, 0.2) is 57.0 Å². The number of carbonyl (C=O) groups is 1. The number of nitrogens with zero attached hydrogens (tertiary/aromatic N) is 2. The maximum Gasteiger partial charge on any atom is 0.271 e.